The SMILES string of the molecule is CCOC(=O)c1cc(N)cnc1OCCc1scnc1C. The second-order valence-electron chi connectivity index (χ2n) is 4.30. The Hall–Kier alpha value is -2.15. The van der Waals surface area contributed by atoms with Crippen LogP contribution in [0.5, 0.6) is 5.88 Å². The fourth-order valence-electron chi connectivity index (χ4n) is 1.75. The van der Waals surface area contributed by atoms with Crippen molar-refractivity contribution >= 4 is 23.0 Å². The average Bonchev–Trinajstić information content (AvgIpc) is 2.86. The van der Waals surface area contributed by atoms with Gasteiger partial charge in [-0.05, 0) is 19.9 Å². The Balaban J connectivity index is 2.05. The molecule has 2 heterocycles. The van der Waals surface area contributed by atoms with E-state index in [2.05, 4.69) is 9.97 Å². The van der Waals surface area contributed by atoms with E-state index >= 15 is 0 Å². The zero-order valence-corrected chi connectivity index (χ0v) is 12.8. The van der Waals surface area contributed by atoms with Crippen molar-refractivity contribution in [2.24, 2.45) is 0 Å². The zero-order valence-electron chi connectivity index (χ0n) is 12.0. The summed E-state index contributed by atoms with van der Waals surface area (Å²) in [6.07, 6.45) is 2.17. The number of ether oxygens (including phenoxy) is 2. The number of nitrogens with zero attached hydrogens (tertiary/aromatic N) is 2. The number of aromatic nitrogens is 2. The van der Waals surface area contributed by atoms with E-state index in [9.17, 15) is 4.79 Å². The minimum Gasteiger partial charge on any atom is -0.477 e. The third-order valence-corrected chi connectivity index (χ3v) is 3.78. The first-order valence-corrected chi connectivity index (χ1v) is 7.44. The number of hydrogen-bond donors (Lipinski definition) is 1. The molecule has 6 nitrogen and oxygen atoms in total. The maximum absolute atomic E-state index is 11.9. The molecule has 0 fully saturated rings. The van der Waals surface area contributed by atoms with E-state index in [4.69, 9.17) is 15.2 Å². The molecule has 0 bridgehead atoms. The monoisotopic (exact) mass is 307 g/mol. The molecular weight excluding hydrogens is 290 g/mol. The van der Waals surface area contributed by atoms with E-state index in [0.717, 1.165) is 10.6 Å². The number of hydrogen-bond acceptors (Lipinski definition) is 7. The molecule has 2 aromatic heterocycles. The molecule has 2 N–H and O–H groups in total. The summed E-state index contributed by atoms with van der Waals surface area (Å²) in [5.41, 5.74) is 9.10. The molecular formula is C14H17N3O3S. The summed E-state index contributed by atoms with van der Waals surface area (Å²) in [5.74, 6) is -0.244. The largest absolute Gasteiger partial charge is 0.477 e. The molecule has 7 heteroatoms. The molecule has 0 unspecified atom stereocenters. The zero-order chi connectivity index (χ0) is 15.2. The number of aryl methyl sites for hydroxylation is 1. The minimum absolute atomic E-state index is 0.241. The Kier molecular flexibility index (Phi) is 5.10. The summed E-state index contributed by atoms with van der Waals surface area (Å²) in [4.78, 5) is 21.3. The topological polar surface area (TPSA) is 87.3 Å². The van der Waals surface area contributed by atoms with Gasteiger partial charge in [0.05, 0.1) is 36.3 Å². The molecule has 0 aliphatic rings. The number of anilines is 1. The van der Waals surface area contributed by atoms with Crippen LogP contribution in [0.25, 0.3) is 0 Å². The van der Waals surface area contributed by atoms with Gasteiger partial charge in [0.2, 0.25) is 5.88 Å². The lowest BCUT2D eigenvalue weighted by Gasteiger charge is -2.10. The van der Waals surface area contributed by atoms with Crippen LogP contribution in [0.3, 0.4) is 0 Å². The van der Waals surface area contributed by atoms with Gasteiger partial charge >= 0.3 is 5.97 Å². The van der Waals surface area contributed by atoms with Crippen molar-refractivity contribution in [1.29, 1.82) is 0 Å². The van der Waals surface area contributed by atoms with Crippen molar-refractivity contribution in [2.75, 3.05) is 18.9 Å². The lowest BCUT2D eigenvalue weighted by Crippen LogP contribution is -2.11. The summed E-state index contributed by atoms with van der Waals surface area (Å²) < 4.78 is 10.6. The second-order valence-corrected chi connectivity index (χ2v) is 5.24. The summed E-state index contributed by atoms with van der Waals surface area (Å²) >= 11 is 1.58. The fraction of sp³-hybridized carbons (Fsp3) is 0.357. The fourth-order valence-corrected chi connectivity index (χ4v) is 2.51. The Labute approximate surface area is 126 Å². The van der Waals surface area contributed by atoms with Crippen molar-refractivity contribution in [3.63, 3.8) is 0 Å². The Bertz CT molecular complexity index is 628. The van der Waals surface area contributed by atoms with E-state index in [-0.39, 0.29) is 18.1 Å². The number of thiazole rings is 1. The lowest BCUT2D eigenvalue weighted by atomic mass is 10.2. The molecule has 0 amide bonds. The minimum atomic E-state index is -0.485. The van der Waals surface area contributed by atoms with Crippen molar-refractivity contribution in [2.45, 2.75) is 20.3 Å². The highest BCUT2D eigenvalue weighted by Crippen LogP contribution is 2.20. The number of nitrogen functional groups attached to an aromatic ring is 1. The van der Waals surface area contributed by atoms with Gasteiger partial charge < -0.3 is 15.2 Å². The Morgan fingerprint density at radius 1 is 1.43 bits per heavy atom. The van der Waals surface area contributed by atoms with E-state index in [0.29, 0.717) is 18.7 Å². The average molecular weight is 307 g/mol. The normalized spacial score (nSPS) is 10.4. The number of esters is 1. The van der Waals surface area contributed by atoms with Crippen LogP contribution in [-0.2, 0) is 11.2 Å². The van der Waals surface area contributed by atoms with Gasteiger partial charge in [-0.25, -0.2) is 14.8 Å². The summed E-state index contributed by atoms with van der Waals surface area (Å²) in [7, 11) is 0. The molecule has 0 atom stereocenters. The maximum Gasteiger partial charge on any atom is 0.343 e. The van der Waals surface area contributed by atoms with Crippen LogP contribution in [-0.4, -0.2) is 29.2 Å². The second kappa shape index (κ2) is 7.03. The first-order valence-electron chi connectivity index (χ1n) is 6.56. The van der Waals surface area contributed by atoms with Crippen LogP contribution < -0.4 is 10.5 Å². The van der Waals surface area contributed by atoms with Gasteiger partial charge in [-0.1, -0.05) is 0 Å². The van der Waals surface area contributed by atoms with Crippen LogP contribution in [0.2, 0.25) is 0 Å². The maximum atomic E-state index is 11.9. The standard InChI is InChI=1S/C14H17N3O3S/c1-3-19-14(18)11-6-10(15)7-16-13(11)20-5-4-12-9(2)17-8-21-12/h6-8H,3-5,15H2,1-2H3. The quantitative estimate of drug-likeness (QED) is 0.823. The van der Waals surface area contributed by atoms with Gasteiger partial charge in [-0.3, -0.25) is 0 Å². The highest BCUT2D eigenvalue weighted by molar-refractivity contribution is 7.09. The molecule has 0 aliphatic heterocycles. The smallest absolute Gasteiger partial charge is 0.343 e. The van der Waals surface area contributed by atoms with E-state index in [1.807, 2.05) is 6.92 Å². The molecule has 2 aromatic rings. The summed E-state index contributed by atoms with van der Waals surface area (Å²) in [6.45, 7) is 4.39. The van der Waals surface area contributed by atoms with Gasteiger partial charge in [0, 0.05) is 11.3 Å². The third kappa shape index (κ3) is 3.91. The highest BCUT2D eigenvalue weighted by atomic mass is 32.1. The molecule has 0 aromatic carbocycles. The first kappa shape index (κ1) is 15.2. The van der Waals surface area contributed by atoms with Gasteiger partial charge in [0.1, 0.15) is 5.56 Å². The first-order chi connectivity index (χ1) is 10.1. The number of pyridine rings is 1. The molecule has 0 spiro atoms. The van der Waals surface area contributed by atoms with Crippen LogP contribution in [0.15, 0.2) is 17.8 Å². The van der Waals surface area contributed by atoms with E-state index in [1.54, 1.807) is 23.8 Å². The number of rotatable bonds is 6. The number of carbonyl (C=O) groups excluding carboxylic acids is 1. The Morgan fingerprint density at radius 2 is 2.24 bits per heavy atom. The van der Waals surface area contributed by atoms with Gasteiger partial charge in [-0.15, -0.1) is 11.3 Å². The van der Waals surface area contributed by atoms with Crippen LogP contribution in [0.4, 0.5) is 5.69 Å². The van der Waals surface area contributed by atoms with Gasteiger partial charge in [0.15, 0.2) is 0 Å². The molecule has 0 radical (unpaired) electrons. The molecule has 0 aliphatic carbocycles. The Morgan fingerprint density at radius 3 is 2.90 bits per heavy atom. The third-order valence-electron chi connectivity index (χ3n) is 2.78. The highest BCUT2D eigenvalue weighted by Gasteiger charge is 2.16. The summed E-state index contributed by atoms with van der Waals surface area (Å²) in [5, 5.41) is 0. The van der Waals surface area contributed by atoms with Crippen molar-refractivity contribution in [1.82, 2.24) is 9.97 Å². The number of carbonyl (C=O) groups is 1. The van der Waals surface area contributed by atoms with E-state index < -0.39 is 5.97 Å². The predicted octanol–water partition coefficient (Wildman–Crippen LogP) is 2.23. The van der Waals surface area contributed by atoms with Gasteiger partial charge in [0.25, 0.3) is 0 Å². The van der Waals surface area contributed by atoms with Crippen LogP contribution in [0, 0.1) is 6.92 Å². The number of nitrogens with two attached hydrogens (primary N) is 1. The van der Waals surface area contributed by atoms with Crippen LogP contribution >= 0.6 is 11.3 Å². The van der Waals surface area contributed by atoms with Gasteiger partial charge in [-0.2, -0.15) is 0 Å². The predicted molar refractivity (Wildman–Crippen MR) is 80.7 cm³/mol. The van der Waals surface area contributed by atoms with E-state index in [1.165, 1.54) is 12.3 Å². The molecule has 112 valence electrons. The van der Waals surface area contributed by atoms with Crippen LogP contribution in [0.1, 0.15) is 27.9 Å². The van der Waals surface area contributed by atoms with Crippen molar-refractivity contribution < 1.29 is 14.3 Å². The van der Waals surface area contributed by atoms with Crippen molar-refractivity contribution in [3.8, 4) is 5.88 Å². The molecule has 2 rings (SSSR count). The molecule has 21 heavy (non-hydrogen) atoms. The van der Waals surface area contributed by atoms with Crippen molar-refractivity contribution in [3.05, 3.63) is 33.9 Å². The molecule has 0 saturated heterocycles. The lowest BCUT2D eigenvalue weighted by molar-refractivity contribution is 0.0520. The summed E-state index contributed by atoms with van der Waals surface area (Å²) in [6, 6.07) is 1.51. The molecule has 0 saturated carbocycles.